The molecule has 2 aromatic rings. The summed E-state index contributed by atoms with van der Waals surface area (Å²) in [6.07, 6.45) is 3.08. The van der Waals surface area contributed by atoms with Crippen LogP contribution in [0.25, 0.3) is 0 Å². The second kappa shape index (κ2) is 8.80. The van der Waals surface area contributed by atoms with Crippen molar-refractivity contribution in [1.82, 2.24) is 10.7 Å². The number of carbonyl (C=O) groups excluding carboxylic acids is 2. The van der Waals surface area contributed by atoms with Crippen LogP contribution in [0, 0.1) is 6.92 Å². The van der Waals surface area contributed by atoms with Crippen LogP contribution in [0.15, 0.2) is 27.7 Å². The molecule has 28 heavy (non-hydrogen) atoms. The SMILES string of the molecule is CCCNC(=O)c1oc2c(c1C)/C(=N/NC(=O)c1ccc(Cl)cc1Cl)CCC2. The highest BCUT2D eigenvalue weighted by Crippen LogP contribution is 2.30. The zero-order valence-corrected chi connectivity index (χ0v) is 17.2. The van der Waals surface area contributed by atoms with Crippen molar-refractivity contribution in [3.63, 3.8) is 0 Å². The molecule has 0 saturated carbocycles. The molecule has 148 valence electrons. The third-order valence-electron chi connectivity index (χ3n) is 4.54. The highest BCUT2D eigenvalue weighted by molar-refractivity contribution is 6.36. The third-order valence-corrected chi connectivity index (χ3v) is 5.08. The summed E-state index contributed by atoms with van der Waals surface area (Å²) in [5.41, 5.74) is 5.06. The van der Waals surface area contributed by atoms with Gasteiger partial charge in [-0.05, 0) is 44.4 Å². The Hall–Kier alpha value is -2.31. The number of hydrogen-bond acceptors (Lipinski definition) is 4. The second-order valence-corrected chi connectivity index (χ2v) is 7.43. The molecule has 1 aromatic carbocycles. The van der Waals surface area contributed by atoms with Gasteiger partial charge in [0.05, 0.1) is 16.3 Å². The number of furan rings is 1. The number of fused-ring (bicyclic) bond motifs is 1. The van der Waals surface area contributed by atoms with Gasteiger partial charge in [0.2, 0.25) is 0 Å². The van der Waals surface area contributed by atoms with Crippen LogP contribution in [0.5, 0.6) is 0 Å². The van der Waals surface area contributed by atoms with Crippen molar-refractivity contribution in [3.05, 3.63) is 56.5 Å². The van der Waals surface area contributed by atoms with Gasteiger partial charge in [0.25, 0.3) is 11.8 Å². The van der Waals surface area contributed by atoms with Crippen LogP contribution >= 0.6 is 23.2 Å². The molecule has 0 atom stereocenters. The number of hydrazone groups is 1. The molecular weight excluding hydrogens is 401 g/mol. The predicted molar refractivity (Wildman–Crippen MR) is 109 cm³/mol. The number of nitrogens with one attached hydrogen (secondary N) is 2. The lowest BCUT2D eigenvalue weighted by atomic mass is 9.93. The fourth-order valence-electron chi connectivity index (χ4n) is 3.17. The first-order chi connectivity index (χ1) is 13.4. The Balaban J connectivity index is 1.84. The Labute approximate surface area is 173 Å². The molecule has 8 heteroatoms. The molecule has 1 aliphatic carbocycles. The lowest BCUT2D eigenvalue weighted by molar-refractivity contribution is 0.0921. The van der Waals surface area contributed by atoms with Crippen LogP contribution < -0.4 is 10.7 Å². The van der Waals surface area contributed by atoms with Crippen LogP contribution in [0.2, 0.25) is 10.0 Å². The van der Waals surface area contributed by atoms with Crippen molar-refractivity contribution in [2.45, 2.75) is 39.5 Å². The number of halogens is 2. The molecule has 0 bridgehead atoms. The van der Waals surface area contributed by atoms with Crippen molar-refractivity contribution >= 4 is 40.7 Å². The molecule has 0 fully saturated rings. The Morgan fingerprint density at radius 2 is 2.00 bits per heavy atom. The number of rotatable bonds is 5. The highest BCUT2D eigenvalue weighted by Gasteiger charge is 2.28. The molecule has 0 radical (unpaired) electrons. The summed E-state index contributed by atoms with van der Waals surface area (Å²) in [7, 11) is 0. The molecule has 6 nitrogen and oxygen atoms in total. The van der Waals surface area contributed by atoms with E-state index in [9.17, 15) is 9.59 Å². The number of nitrogens with zero attached hydrogens (tertiary/aromatic N) is 1. The number of amides is 2. The number of hydrogen-bond donors (Lipinski definition) is 2. The number of aryl methyl sites for hydroxylation is 1. The Kier molecular flexibility index (Phi) is 6.42. The third kappa shape index (κ3) is 4.23. The van der Waals surface area contributed by atoms with Crippen molar-refractivity contribution in [2.75, 3.05) is 6.54 Å². The summed E-state index contributed by atoms with van der Waals surface area (Å²) in [4.78, 5) is 24.7. The normalized spacial score (nSPS) is 14.6. The maximum absolute atomic E-state index is 12.4. The summed E-state index contributed by atoms with van der Waals surface area (Å²) >= 11 is 11.9. The minimum atomic E-state index is -0.427. The first-order valence-corrected chi connectivity index (χ1v) is 9.90. The van der Waals surface area contributed by atoms with E-state index >= 15 is 0 Å². The first-order valence-electron chi connectivity index (χ1n) is 9.15. The van der Waals surface area contributed by atoms with E-state index in [1.807, 2.05) is 13.8 Å². The van der Waals surface area contributed by atoms with Gasteiger partial charge in [0.1, 0.15) is 5.76 Å². The van der Waals surface area contributed by atoms with E-state index in [0.717, 1.165) is 36.1 Å². The first kappa shape index (κ1) is 20.4. The molecule has 2 amide bonds. The van der Waals surface area contributed by atoms with Gasteiger partial charge in [-0.2, -0.15) is 5.10 Å². The summed E-state index contributed by atoms with van der Waals surface area (Å²) in [6, 6.07) is 4.65. The Bertz CT molecular complexity index is 950. The number of benzene rings is 1. The van der Waals surface area contributed by atoms with Crippen LogP contribution in [0.1, 0.15) is 64.0 Å². The second-order valence-electron chi connectivity index (χ2n) is 6.59. The minimum absolute atomic E-state index is 0.231. The minimum Gasteiger partial charge on any atom is -0.455 e. The molecular formula is C20H21Cl2N3O3. The van der Waals surface area contributed by atoms with Gasteiger partial charge < -0.3 is 9.73 Å². The average Bonchev–Trinajstić information content (AvgIpc) is 3.01. The molecule has 0 aliphatic heterocycles. The van der Waals surface area contributed by atoms with Crippen LogP contribution in [-0.2, 0) is 6.42 Å². The fraction of sp³-hybridized carbons (Fsp3) is 0.350. The quantitative estimate of drug-likeness (QED) is 0.696. The lowest BCUT2D eigenvalue weighted by Gasteiger charge is -2.13. The average molecular weight is 422 g/mol. The summed E-state index contributed by atoms with van der Waals surface area (Å²) in [5.74, 6) is 0.372. The van der Waals surface area contributed by atoms with E-state index in [2.05, 4.69) is 15.8 Å². The standard InChI is InChI=1S/C20H21Cl2N3O3/c1-3-9-23-20(27)18-11(2)17-15(5-4-6-16(17)28-18)24-25-19(26)13-8-7-12(21)10-14(13)22/h7-8,10H,3-6,9H2,1-2H3,(H,23,27)(H,25,26)/b24-15+. The van der Waals surface area contributed by atoms with Crippen LogP contribution in [-0.4, -0.2) is 24.1 Å². The maximum Gasteiger partial charge on any atom is 0.287 e. The van der Waals surface area contributed by atoms with E-state index in [1.165, 1.54) is 6.07 Å². The van der Waals surface area contributed by atoms with Gasteiger partial charge in [-0.25, -0.2) is 5.43 Å². The van der Waals surface area contributed by atoms with Crippen molar-refractivity contribution < 1.29 is 14.0 Å². The van der Waals surface area contributed by atoms with Crippen molar-refractivity contribution in [3.8, 4) is 0 Å². The maximum atomic E-state index is 12.4. The van der Waals surface area contributed by atoms with Crippen LogP contribution in [0.4, 0.5) is 0 Å². The summed E-state index contributed by atoms with van der Waals surface area (Å²) < 4.78 is 5.81. The summed E-state index contributed by atoms with van der Waals surface area (Å²) in [6.45, 7) is 4.41. The lowest BCUT2D eigenvalue weighted by Crippen LogP contribution is -2.24. The zero-order chi connectivity index (χ0) is 20.3. The van der Waals surface area contributed by atoms with Crippen LogP contribution in [0.3, 0.4) is 0 Å². The molecule has 2 N–H and O–H groups in total. The van der Waals surface area contributed by atoms with Crippen molar-refractivity contribution in [2.24, 2.45) is 5.10 Å². The zero-order valence-electron chi connectivity index (χ0n) is 15.7. The monoisotopic (exact) mass is 421 g/mol. The Morgan fingerprint density at radius 1 is 1.21 bits per heavy atom. The van der Waals surface area contributed by atoms with E-state index in [1.54, 1.807) is 12.1 Å². The Morgan fingerprint density at radius 3 is 2.71 bits per heavy atom. The highest BCUT2D eigenvalue weighted by atomic mass is 35.5. The van der Waals surface area contributed by atoms with Gasteiger partial charge in [-0.3, -0.25) is 9.59 Å². The molecule has 0 spiro atoms. The number of carbonyl (C=O) groups is 2. The van der Waals surface area contributed by atoms with E-state index in [-0.39, 0.29) is 16.5 Å². The van der Waals surface area contributed by atoms with E-state index in [0.29, 0.717) is 29.5 Å². The van der Waals surface area contributed by atoms with E-state index < -0.39 is 5.91 Å². The van der Waals surface area contributed by atoms with E-state index in [4.69, 9.17) is 27.6 Å². The fourth-order valence-corrected chi connectivity index (χ4v) is 3.66. The van der Waals surface area contributed by atoms with Crippen molar-refractivity contribution in [1.29, 1.82) is 0 Å². The van der Waals surface area contributed by atoms with Gasteiger partial charge in [-0.15, -0.1) is 0 Å². The predicted octanol–water partition coefficient (Wildman–Crippen LogP) is 4.51. The van der Waals surface area contributed by atoms with Gasteiger partial charge in [0.15, 0.2) is 5.76 Å². The molecule has 1 heterocycles. The molecule has 1 aliphatic rings. The molecule has 0 saturated heterocycles. The topological polar surface area (TPSA) is 83.7 Å². The van der Waals surface area contributed by atoms with Gasteiger partial charge in [0, 0.05) is 29.1 Å². The molecule has 1 aromatic heterocycles. The molecule has 3 rings (SSSR count). The van der Waals surface area contributed by atoms with Gasteiger partial charge >= 0.3 is 0 Å². The largest absolute Gasteiger partial charge is 0.455 e. The van der Waals surface area contributed by atoms with Gasteiger partial charge in [-0.1, -0.05) is 30.1 Å². The smallest absolute Gasteiger partial charge is 0.287 e. The summed E-state index contributed by atoms with van der Waals surface area (Å²) in [5, 5.41) is 7.83. The molecule has 0 unspecified atom stereocenters.